The average molecular weight is 187 g/mol. The first-order valence-corrected chi connectivity index (χ1v) is 5.15. The van der Waals surface area contributed by atoms with Crippen molar-refractivity contribution in [1.29, 1.82) is 0 Å². The van der Waals surface area contributed by atoms with E-state index in [0.717, 1.165) is 26.1 Å². The molecule has 1 aliphatic rings. The fourth-order valence-electron chi connectivity index (χ4n) is 1.45. The summed E-state index contributed by atoms with van der Waals surface area (Å²) < 4.78 is 11.4. The minimum absolute atomic E-state index is 0.0808. The lowest BCUT2D eigenvalue weighted by Crippen LogP contribution is -2.52. The molecule has 1 heterocycles. The van der Waals surface area contributed by atoms with Crippen LogP contribution < -0.4 is 5.32 Å². The molecule has 78 valence electrons. The highest BCUT2D eigenvalue weighted by atomic mass is 16.5. The van der Waals surface area contributed by atoms with E-state index in [1.807, 2.05) is 0 Å². The summed E-state index contributed by atoms with van der Waals surface area (Å²) in [5, 5.41) is 3.35. The van der Waals surface area contributed by atoms with Gasteiger partial charge in [-0.15, -0.1) is 0 Å². The van der Waals surface area contributed by atoms with E-state index in [4.69, 9.17) is 9.47 Å². The Morgan fingerprint density at radius 2 is 2.31 bits per heavy atom. The summed E-state index contributed by atoms with van der Waals surface area (Å²) in [4.78, 5) is 0. The van der Waals surface area contributed by atoms with Gasteiger partial charge < -0.3 is 14.8 Å². The van der Waals surface area contributed by atoms with E-state index < -0.39 is 0 Å². The molecule has 0 saturated carbocycles. The van der Waals surface area contributed by atoms with E-state index in [2.05, 4.69) is 26.1 Å². The minimum Gasteiger partial charge on any atom is -0.376 e. The van der Waals surface area contributed by atoms with Crippen molar-refractivity contribution in [2.24, 2.45) is 0 Å². The van der Waals surface area contributed by atoms with Gasteiger partial charge in [0, 0.05) is 13.1 Å². The zero-order valence-electron chi connectivity index (χ0n) is 8.93. The molecule has 0 amide bonds. The van der Waals surface area contributed by atoms with Crippen molar-refractivity contribution >= 4 is 0 Å². The lowest BCUT2D eigenvalue weighted by atomic mass is 10.0. The average Bonchev–Trinajstić information content (AvgIpc) is 2.16. The molecule has 1 N–H and O–H groups in total. The van der Waals surface area contributed by atoms with Gasteiger partial charge in [0.2, 0.25) is 0 Å². The van der Waals surface area contributed by atoms with Crippen molar-refractivity contribution in [2.75, 3.05) is 26.3 Å². The molecule has 13 heavy (non-hydrogen) atoms. The Morgan fingerprint density at radius 1 is 1.54 bits per heavy atom. The SMILES string of the molecule is CC[C@]1(COC(C)C)CNCCO1. The second-order valence-electron chi connectivity index (χ2n) is 3.92. The van der Waals surface area contributed by atoms with Gasteiger partial charge in [0.05, 0.1) is 19.3 Å². The minimum atomic E-state index is -0.0808. The van der Waals surface area contributed by atoms with Crippen LogP contribution in [0.1, 0.15) is 27.2 Å². The highest BCUT2D eigenvalue weighted by molar-refractivity contribution is 4.85. The van der Waals surface area contributed by atoms with Crippen molar-refractivity contribution in [3.05, 3.63) is 0 Å². The van der Waals surface area contributed by atoms with Crippen LogP contribution in [0.2, 0.25) is 0 Å². The van der Waals surface area contributed by atoms with Crippen molar-refractivity contribution in [3.8, 4) is 0 Å². The molecule has 3 nitrogen and oxygen atoms in total. The number of rotatable bonds is 4. The first kappa shape index (κ1) is 11.0. The number of ether oxygens (including phenoxy) is 2. The van der Waals surface area contributed by atoms with Crippen LogP contribution in [-0.2, 0) is 9.47 Å². The summed E-state index contributed by atoms with van der Waals surface area (Å²) in [7, 11) is 0. The zero-order chi connectivity index (χ0) is 9.73. The van der Waals surface area contributed by atoms with Gasteiger partial charge in [0.25, 0.3) is 0 Å². The molecule has 1 saturated heterocycles. The molecule has 1 aliphatic heterocycles. The summed E-state index contributed by atoms with van der Waals surface area (Å²) in [5.41, 5.74) is -0.0808. The first-order valence-electron chi connectivity index (χ1n) is 5.15. The molecule has 1 atom stereocenters. The molecule has 0 unspecified atom stereocenters. The Balaban J connectivity index is 2.38. The predicted octanol–water partition coefficient (Wildman–Crippen LogP) is 1.18. The highest BCUT2D eigenvalue weighted by Gasteiger charge is 2.31. The second kappa shape index (κ2) is 4.94. The molecule has 0 bridgehead atoms. The molecule has 0 aromatic carbocycles. The molecule has 1 fully saturated rings. The van der Waals surface area contributed by atoms with Gasteiger partial charge in [-0.05, 0) is 20.3 Å². The van der Waals surface area contributed by atoms with Gasteiger partial charge in [-0.25, -0.2) is 0 Å². The summed E-state index contributed by atoms with van der Waals surface area (Å²) in [6.07, 6.45) is 1.29. The van der Waals surface area contributed by atoms with Crippen LogP contribution in [0.25, 0.3) is 0 Å². The lowest BCUT2D eigenvalue weighted by molar-refractivity contribution is -0.124. The monoisotopic (exact) mass is 187 g/mol. The first-order chi connectivity index (χ1) is 6.18. The highest BCUT2D eigenvalue weighted by Crippen LogP contribution is 2.18. The largest absolute Gasteiger partial charge is 0.376 e. The maximum Gasteiger partial charge on any atom is 0.104 e. The quantitative estimate of drug-likeness (QED) is 0.717. The van der Waals surface area contributed by atoms with Gasteiger partial charge in [0.1, 0.15) is 5.60 Å². The van der Waals surface area contributed by atoms with Gasteiger partial charge in [0.15, 0.2) is 0 Å². The van der Waals surface area contributed by atoms with Crippen LogP contribution in [0.15, 0.2) is 0 Å². The van der Waals surface area contributed by atoms with Crippen molar-refractivity contribution < 1.29 is 9.47 Å². The molecule has 1 rings (SSSR count). The molecule has 0 aliphatic carbocycles. The van der Waals surface area contributed by atoms with Crippen molar-refractivity contribution in [2.45, 2.75) is 38.9 Å². The van der Waals surface area contributed by atoms with Gasteiger partial charge >= 0.3 is 0 Å². The van der Waals surface area contributed by atoms with Crippen LogP contribution in [0.3, 0.4) is 0 Å². The number of morpholine rings is 1. The van der Waals surface area contributed by atoms with E-state index in [9.17, 15) is 0 Å². The van der Waals surface area contributed by atoms with E-state index >= 15 is 0 Å². The Kier molecular flexibility index (Phi) is 4.16. The van der Waals surface area contributed by atoms with Crippen LogP contribution in [0, 0.1) is 0 Å². The second-order valence-corrected chi connectivity index (χ2v) is 3.92. The third kappa shape index (κ3) is 3.25. The van der Waals surface area contributed by atoms with Gasteiger partial charge in [-0.1, -0.05) is 6.92 Å². The molecule has 0 aromatic heterocycles. The fourth-order valence-corrected chi connectivity index (χ4v) is 1.45. The molecular weight excluding hydrogens is 166 g/mol. The summed E-state index contributed by atoms with van der Waals surface area (Å²) in [5.74, 6) is 0. The summed E-state index contributed by atoms with van der Waals surface area (Å²) in [6.45, 7) is 9.64. The molecular formula is C10H21NO2. The number of hydrogen-bond donors (Lipinski definition) is 1. The molecule has 0 aromatic rings. The van der Waals surface area contributed by atoms with E-state index in [0.29, 0.717) is 6.61 Å². The zero-order valence-corrected chi connectivity index (χ0v) is 8.93. The van der Waals surface area contributed by atoms with Gasteiger partial charge in [-0.2, -0.15) is 0 Å². The maximum atomic E-state index is 5.78. The van der Waals surface area contributed by atoms with Crippen molar-refractivity contribution in [1.82, 2.24) is 5.32 Å². The third-order valence-corrected chi connectivity index (χ3v) is 2.46. The summed E-state index contributed by atoms with van der Waals surface area (Å²) in [6, 6.07) is 0. The Morgan fingerprint density at radius 3 is 2.77 bits per heavy atom. The van der Waals surface area contributed by atoms with Crippen LogP contribution in [-0.4, -0.2) is 38.0 Å². The molecule has 0 spiro atoms. The molecule has 0 radical (unpaired) electrons. The predicted molar refractivity (Wildman–Crippen MR) is 52.9 cm³/mol. The number of nitrogens with one attached hydrogen (secondary N) is 1. The maximum absolute atomic E-state index is 5.78. The van der Waals surface area contributed by atoms with Crippen LogP contribution >= 0.6 is 0 Å². The Hall–Kier alpha value is -0.120. The topological polar surface area (TPSA) is 30.5 Å². The Bertz CT molecular complexity index is 142. The smallest absolute Gasteiger partial charge is 0.104 e. The van der Waals surface area contributed by atoms with Crippen LogP contribution in [0.4, 0.5) is 0 Å². The lowest BCUT2D eigenvalue weighted by Gasteiger charge is -2.37. The molecule has 3 heteroatoms. The van der Waals surface area contributed by atoms with Crippen LogP contribution in [0.5, 0.6) is 0 Å². The third-order valence-electron chi connectivity index (χ3n) is 2.46. The van der Waals surface area contributed by atoms with Gasteiger partial charge in [-0.3, -0.25) is 0 Å². The van der Waals surface area contributed by atoms with E-state index in [-0.39, 0.29) is 11.7 Å². The summed E-state index contributed by atoms with van der Waals surface area (Å²) >= 11 is 0. The standard InChI is InChI=1S/C10H21NO2/c1-4-10(8-12-9(2)3)7-11-5-6-13-10/h9,11H,4-8H2,1-3H3/t10-/m1/s1. The normalized spacial score (nSPS) is 29.5. The van der Waals surface area contributed by atoms with E-state index in [1.165, 1.54) is 0 Å². The van der Waals surface area contributed by atoms with Crippen molar-refractivity contribution in [3.63, 3.8) is 0 Å². The number of hydrogen-bond acceptors (Lipinski definition) is 3. The van der Waals surface area contributed by atoms with E-state index in [1.54, 1.807) is 0 Å². The Labute approximate surface area is 80.8 Å². The fraction of sp³-hybridized carbons (Fsp3) is 1.00.